The predicted octanol–water partition coefficient (Wildman–Crippen LogP) is 3.93. The SMILES string of the molecule is CCN1CCN(c2nc(Nc3cccc(C(F)(F)F)c3)c3cnccc3n2)CC1. The summed E-state index contributed by atoms with van der Waals surface area (Å²) >= 11 is 0. The molecule has 1 aromatic carbocycles. The number of alkyl halides is 3. The number of pyridine rings is 1. The van der Waals surface area contributed by atoms with E-state index in [1.165, 1.54) is 6.07 Å². The number of likely N-dealkylation sites (N-methyl/N-ethyl adjacent to an activating group) is 1. The minimum atomic E-state index is -4.41. The third-order valence-electron chi connectivity index (χ3n) is 5.04. The van der Waals surface area contributed by atoms with E-state index in [0.29, 0.717) is 28.4 Å². The Kier molecular flexibility index (Phi) is 5.23. The first-order chi connectivity index (χ1) is 13.9. The molecule has 1 aliphatic rings. The van der Waals surface area contributed by atoms with E-state index >= 15 is 0 Å². The molecule has 6 nitrogen and oxygen atoms in total. The quantitative estimate of drug-likeness (QED) is 0.714. The second kappa shape index (κ2) is 7.82. The Balaban J connectivity index is 1.68. The van der Waals surface area contributed by atoms with Gasteiger partial charge in [-0.25, -0.2) is 4.98 Å². The number of fused-ring (bicyclic) bond motifs is 1. The van der Waals surface area contributed by atoms with Gasteiger partial charge in [-0.15, -0.1) is 0 Å². The van der Waals surface area contributed by atoms with Crippen LogP contribution in [0.4, 0.5) is 30.6 Å². The number of rotatable bonds is 4. The number of halogens is 3. The summed E-state index contributed by atoms with van der Waals surface area (Å²) in [6.07, 6.45) is -1.15. The predicted molar refractivity (Wildman–Crippen MR) is 106 cm³/mol. The molecule has 0 radical (unpaired) electrons. The van der Waals surface area contributed by atoms with Crippen molar-refractivity contribution >= 4 is 28.4 Å². The Morgan fingerprint density at radius 2 is 1.86 bits per heavy atom. The molecule has 2 aromatic heterocycles. The summed E-state index contributed by atoms with van der Waals surface area (Å²) in [6.45, 7) is 6.57. The van der Waals surface area contributed by atoms with Crippen molar-refractivity contribution in [1.29, 1.82) is 0 Å². The summed E-state index contributed by atoms with van der Waals surface area (Å²) in [5.41, 5.74) is 0.290. The molecule has 29 heavy (non-hydrogen) atoms. The third kappa shape index (κ3) is 4.24. The zero-order valence-electron chi connectivity index (χ0n) is 15.9. The Bertz CT molecular complexity index is 999. The van der Waals surface area contributed by atoms with Crippen molar-refractivity contribution in [2.75, 3.05) is 42.9 Å². The van der Waals surface area contributed by atoms with Crippen molar-refractivity contribution in [3.8, 4) is 0 Å². The Labute approximate surface area is 166 Å². The van der Waals surface area contributed by atoms with Crippen LogP contribution in [0.1, 0.15) is 12.5 Å². The molecule has 0 aliphatic carbocycles. The van der Waals surface area contributed by atoms with Gasteiger partial charge in [0.15, 0.2) is 0 Å². The van der Waals surface area contributed by atoms with Crippen molar-refractivity contribution in [2.24, 2.45) is 0 Å². The number of nitrogens with one attached hydrogen (secondary N) is 1. The highest BCUT2D eigenvalue weighted by Crippen LogP contribution is 2.32. The summed E-state index contributed by atoms with van der Waals surface area (Å²) in [6, 6.07) is 6.85. The van der Waals surface area contributed by atoms with Crippen LogP contribution < -0.4 is 10.2 Å². The van der Waals surface area contributed by atoms with Crippen LogP contribution in [0.25, 0.3) is 10.9 Å². The number of benzene rings is 1. The van der Waals surface area contributed by atoms with Gasteiger partial charge in [0, 0.05) is 44.3 Å². The zero-order chi connectivity index (χ0) is 20.4. The zero-order valence-corrected chi connectivity index (χ0v) is 15.9. The van der Waals surface area contributed by atoms with Crippen LogP contribution in [-0.2, 0) is 6.18 Å². The number of aromatic nitrogens is 3. The van der Waals surface area contributed by atoms with E-state index in [2.05, 4.69) is 37.0 Å². The maximum Gasteiger partial charge on any atom is 0.416 e. The van der Waals surface area contributed by atoms with Crippen LogP contribution in [0.3, 0.4) is 0 Å². The lowest BCUT2D eigenvalue weighted by atomic mass is 10.2. The molecule has 0 amide bonds. The molecule has 0 saturated carbocycles. The standard InChI is InChI=1S/C20H21F3N6/c1-2-28-8-10-29(11-9-28)19-26-17-6-7-24-13-16(17)18(27-19)25-15-5-3-4-14(12-15)20(21,22)23/h3-7,12-13H,2,8-11H2,1H3,(H,25,26,27). The lowest BCUT2D eigenvalue weighted by Gasteiger charge is -2.34. The molecule has 0 spiro atoms. The van der Waals surface area contributed by atoms with Crippen molar-refractivity contribution in [2.45, 2.75) is 13.1 Å². The van der Waals surface area contributed by atoms with Crippen molar-refractivity contribution in [3.63, 3.8) is 0 Å². The fourth-order valence-corrected chi connectivity index (χ4v) is 3.37. The fourth-order valence-electron chi connectivity index (χ4n) is 3.37. The van der Waals surface area contributed by atoms with Crippen LogP contribution in [0.2, 0.25) is 0 Å². The van der Waals surface area contributed by atoms with E-state index in [1.807, 2.05) is 0 Å². The van der Waals surface area contributed by atoms with Crippen molar-refractivity contribution in [3.05, 3.63) is 48.3 Å². The number of piperazine rings is 1. The number of hydrogen-bond donors (Lipinski definition) is 1. The molecule has 1 fully saturated rings. The maximum absolute atomic E-state index is 13.1. The van der Waals surface area contributed by atoms with E-state index in [9.17, 15) is 13.2 Å². The first kappa shape index (κ1) is 19.4. The first-order valence-corrected chi connectivity index (χ1v) is 9.47. The van der Waals surface area contributed by atoms with Gasteiger partial charge in [0.05, 0.1) is 16.5 Å². The number of anilines is 3. The minimum Gasteiger partial charge on any atom is -0.339 e. The summed E-state index contributed by atoms with van der Waals surface area (Å²) in [4.78, 5) is 17.8. The van der Waals surface area contributed by atoms with E-state index in [1.54, 1.807) is 24.5 Å². The van der Waals surface area contributed by atoms with Crippen LogP contribution >= 0.6 is 0 Å². The molecule has 3 heterocycles. The van der Waals surface area contributed by atoms with Crippen molar-refractivity contribution < 1.29 is 13.2 Å². The molecular formula is C20H21F3N6. The van der Waals surface area contributed by atoms with Gasteiger partial charge in [-0.2, -0.15) is 18.2 Å². The largest absolute Gasteiger partial charge is 0.416 e. The molecule has 3 aromatic rings. The lowest BCUT2D eigenvalue weighted by Crippen LogP contribution is -2.46. The molecule has 0 atom stereocenters. The lowest BCUT2D eigenvalue weighted by molar-refractivity contribution is -0.137. The molecule has 0 bridgehead atoms. The highest BCUT2D eigenvalue weighted by Gasteiger charge is 2.30. The Morgan fingerprint density at radius 3 is 2.59 bits per heavy atom. The Morgan fingerprint density at radius 1 is 1.07 bits per heavy atom. The van der Waals surface area contributed by atoms with Gasteiger partial charge < -0.3 is 15.1 Å². The minimum absolute atomic E-state index is 0.311. The topological polar surface area (TPSA) is 57.2 Å². The van der Waals surface area contributed by atoms with Gasteiger partial charge in [-0.05, 0) is 30.8 Å². The molecule has 1 saturated heterocycles. The highest BCUT2D eigenvalue weighted by atomic mass is 19.4. The van der Waals surface area contributed by atoms with Crippen LogP contribution in [0.15, 0.2) is 42.7 Å². The van der Waals surface area contributed by atoms with Crippen LogP contribution in [0.5, 0.6) is 0 Å². The summed E-state index contributed by atoms with van der Waals surface area (Å²) < 4.78 is 39.2. The first-order valence-electron chi connectivity index (χ1n) is 9.47. The van der Waals surface area contributed by atoms with Crippen molar-refractivity contribution in [1.82, 2.24) is 19.9 Å². The molecule has 1 N–H and O–H groups in total. The molecule has 1 aliphatic heterocycles. The van der Waals surface area contributed by atoms with Gasteiger partial charge in [0.2, 0.25) is 5.95 Å². The summed E-state index contributed by atoms with van der Waals surface area (Å²) in [5, 5.41) is 3.68. The van der Waals surface area contributed by atoms with Gasteiger partial charge in [0.1, 0.15) is 5.82 Å². The number of nitrogens with zero attached hydrogens (tertiary/aromatic N) is 5. The van der Waals surface area contributed by atoms with Crippen LogP contribution in [0, 0.1) is 0 Å². The van der Waals surface area contributed by atoms with Gasteiger partial charge in [-0.1, -0.05) is 13.0 Å². The fraction of sp³-hybridized carbons (Fsp3) is 0.350. The third-order valence-corrected chi connectivity index (χ3v) is 5.04. The van der Waals surface area contributed by atoms with E-state index < -0.39 is 11.7 Å². The summed E-state index contributed by atoms with van der Waals surface area (Å²) in [5.74, 6) is 1.00. The smallest absolute Gasteiger partial charge is 0.339 e. The molecule has 0 unspecified atom stereocenters. The highest BCUT2D eigenvalue weighted by molar-refractivity contribution is 5.91. The molecule has 152 valence electrons. The number of hydrogen-bond acceptors (Lipinski definition) is 6. The molecule has 4 rings (SSSR count). The average molecular weight is 402 g/mol. The van der Waals surface area contributed by atoms with E-state index in [-0.39, 0.29) is 0 Å². The van der Waals surface area contributed by atoms with E-state index in [4.69, 9.17) is 0 Å². The second-order valence-corrected chi connectivity index (χ2v) is 6.89. The second-order valence-electron chi connectivity index (χ2n) is 6.89. The molecular weight excluding hydrogens is 381 g/mol. The van der Waals surface area contributed by atoms with Gasteiger partial charge in [-0.3, -0.25) is 4.98 Å². The summed E-state index contributed by atoms with van der Waals surface area (Å²) in [7, 11) is 0. The Hall–Kier alpha value is -2.94. The van der Waals surface area contributed by atoms with Gasteiger partial charge in [0.25, 0.3) is 0 Å². The normalized spacial score (nSPS) is 15.7. The van der Waals surface area contributed by atoms with Crippen LogP contribution in [-0.4, -0.2) is 52.6 Å². The van der Waals surface area contributed by atoms with E-state index in [0.717, 1.165) is 44.9 Å². The monoisotopic (exact) mass is 402 g/mol. The maximum atomic E-state index is 13.1. The van der Waals surface area contributed by atoms with Gasteiger partial charge >= 0.3 is 6.18 Å². The average Bonchev–Trinajstić information content (AvgIpc) is 2.73. The molecule has 9 heteroatoms.